The molecule has 2 N–H and O–H groups in total. The standard InChI is InChI=1S/C14H14N2/c1-2-6-11(7-3-1)16-14-10-15-13-9-5-4-8-12(13)14/h1-9,14-16H,10H2. The molecule has 2 aromatic rings. The maximum absolute atomic E-state index is 3.53. The second kappa shape index (κ2) is 3.89. The van der Waals surface area contributed by atoms with Crippen molar-refractivity contribution >= 4 is 11.4 Å². The van der Waals surface area contributed by atoms with Gasteiger partial charge in [0.15, 0.2) is 0 Å². The second-order valence-corrected chi connectivity index (χ2v) is 4.03. The average Bonchev–Trinajstić information content (AvgIpc) is 2.74. The lowest BCUT2D eigenvalue weighted by atomic mass is 10.1. The van der Waals surface area contributed by atoms with Gasteiger partial charge in [0.1, 0.15) is 0 Å². The average molecular weight is 210 g/mol. The van der Waals surface area contributed by atoms with Gasteiger partial charge in [-0.2, -0.15) is 0 Å². The number of benzene rings is 2. The van der Waals surface area contributed by atoms with Crippen LogP contribution in [0.4, 0.5) is 11.4 Å². The van der Waals surface area contributed by atoms with E-state index in [4.69, 9.17) is 0 Å². The molecule has 3 rings (SSSR count). The Morgan fingerprint density at radius 1 is 0.938 bits per heavy atom. The van der Waals surface area contributed by atoms with Gasteiger partial charge in [0.2, 0.25) is 0 Å². The highest BCUT2D eigenvalue weighted by Crippen LogP contribution is 2.31. The van der Waals surface area contributed by atoms with E-state index >= 15 is 0 Å². The molecule has 1 heterocycles. The summed E-state index contributed by atoms with van der Waals surface area (Å²) in [5.41, 5.74) is 3.77. The molecule has 1 aliphatic heterocycles. The molecule has 2 heteroatoms. The Bertz CT molecular complexity index is 479. The molecule has 0 aromatic heterocycles. The van der Waals surface area contributed by atoms with Gasteiger partial charge in [0, 0.05) is 17.9 Å². The normalized spacial score (nSPS) is 17.6. The van der Waals surface area contributed by atoms with Gasteiger partial charge in [0.25, 0.3) is 0 Å². The summed E-state index contributed by atoms with van der Waals surface area (Å²) in [4.78, 5) is 0. The number of anilines is 2. The lowest BCUT2D eigenvalue weighted by Crippen LogP contribution is -2.12. The molecule has 0 saturated carbocycles. The lowest BCUT2D eigenvalue weighted by molar-refractivity contribution is 0.872. The van der Waals surface area contributed by atoms with Crippen molar-refractivity contribution in [2.24, 2.45) is 0 Å². The Morgan fingerprint density at radius 2 is 1.69 bits per heavy atom. The van der Waals surface area contributed by atoms with E-state index in [-0.39, 0.29) is 0 Å². The molecule has 80 valence electrons. The lowest BCUT2D eigenvalue weighted by Gasteiger charge is -2.13. The van der Waals surface area contributed by atoms with Crippen LogP contribution in [0, 0.1) is 0 Å². The molecule has 0 radical (unpaired) electrons. The van der Waals surface area contributed by atoms with Gasteiger partial charge >= 0.3 is 0 Å². The van der Waals surface area contributed by atoms with Crippen LogP contribution in [0.5, 0.6) is 0 Å². The van der Waals surface area contributed by atoms with Crippen molar-refractivity contribution in [1.82, 2.24) is 0 Å². The van der Waals surface area contributed by atoms with Gasteiger partial charge in [-0.15, -0.1) is 0 Å². The van der Waals surface area contributed by atoms with Crippen LogP contribution in [-0.2, 0) is 0 Å². The van der Waals surface area contributed by atoms with E-state index in [1.165, 1.54) is 16.9 Å². The number of fused-ring (bicyclic) bond motifs is 1. The minimum Gasteiger partial charge on any atom is -0.382 e. The highest BCUT2D eigenvalue weighted by molar-refractivity contribution is 5.60. The molecule has 2 aromatic carbocycles. The Balaban J connectivity index is 1.84. The fourth-order valence-corrected chi connectivity index (χ4v) is 2.15. The van der Waals surface area contributed by atoms with E-state index in [1.54, 1.807) is 0 Å². The zero-order valence-corrected chi connectivity index (χ0v) is 8.98. The molecule has 0 bridgehead atoms. The molecular weight excluding hydrogens is 196 g/mol. The molecule has 0 spiro atoms. The third-order valence-corrected chi connectivity index (χ3v) is 2.95. The van der Waals surface area contributed by atoms with Crippen molar-refractivity contribution < 1.29 is 0 Å². The molecule has 0 saturated heterocycles. The number of hydrogen-bond donors (Lipinski definition) is 2. The first-order valence-electron chi connectivity index (χ1n) is 5.58. The largest absolute Gasteiger partial charge is 0.382 e. The highest BCUT2D eigenvalue weighted by atomic mass is 15.0. The van der Waals surface area contributed by atoms with Crippen LogP contribution < -0.4 is 10.6 Å². The number of rotatable bonds is 2. The summed E-state index contributed by atoms with van der Waals surface area (Å²) < 4.78 is 0. The first kappa shape index (κ1) is 9.28. The van der Waals surface area contributed by atoms with Gasteiger partial charge in [-0.25, -0.2) is 0 Å². The molecule has 2 nitrogen and oxygen atoms in total. The first-order chi connectivity index (χ1) is 7.93. The highest BCUT2D eigenvalue weighted by Gasteiger charge is 2.20. The predicted octanol–water partition coefficient (Wildman–Crippen LogP) is 3.27. The topological polar surface area (TPSA) is 24.1 Å². The van der Waals surface area contributed by atoms with Crippen LogP contribution in [0.25, 0.3) is 0 Å². The summed E-state index contributed by atoms with van der Waals surface area (Å²) >= 11 is 0. The molecule has 1 aliphatic rings. The predicted molar refractivity (Wildman–Crippen MR) is 67.7 cm³/mol. The van der Waals surface area contributed by atoms with E-state index in [0.29, 0.717) is 6.04 Å². The minimum atomic E-state index is 0.374. The molecule has 0 fully saturated rings. The summed E-state index contributed by atoms with van der Waals surface area (Å²) in [7, 11) is 0. The molecule has 0 aliphatic carbocycles. The summed E-state index contributed by atoms with van der Waals surface area (Å²) in [6.45, 7) is 0.953. The van der Waals surface area contributed by atoms with Gasteiger partial charge < -0.3 is 10.6 Å². The minimum absolute atomic E-state index is 0.374. The number of para-hydroxylation sites is 2. The Kier molecular flexibility index (Phi) is 2.26. The Hall–Kier alpha value is -1.96. The van der Waals surface area contributed by atoms with Gasteiger partial charge in [-0.05, 0) is 23.8 Å². The summed E-state index contributed by atoms with van der Waals surface area (Å²) in [6.07, 6.45) is 0. The van der Waals surface area contributed by atoms with Crippen molar-refractivity contribution in [2.45, 2.75) is 6.04 Å². The van der Waals surface area contributed by atoms with E-state index < -0.39 is 0 Å². The summed E-state index contributed by atoms with van der Waals surface area (Å²) in [5.74, 6) is 0. The van der Waals surface area contributed by atoms with E-state index in [1.807, 2.05) is 6.07 Å². The van der Waals surface area contributed by atoms with Crippen LogP contribution in [0.2, 0.25) is 0 Å². The zero-order chi connectivity index (χ0) is 10.8. The molecular formula is C14H14N2. The van der Waals surface area contributed by atoms with E-state index in [9.17, 15) is 0 Å². The zero-order valence-electron chi connectivity index (χ0n) is 8.98. The van der Waals surface area contributed by atoms with Crippen LogP contribution in [0.3, 0.4) is 0 Å². The molecule has 16 heavy (non-hydrogen) atoms. The second-order valence-electron chi connectivity index (χ2n) is 4.03. The van der Waals surface area contributed by atoms with Gasteiger partial charge in [-0.3, -0.25) is 0 Å². The maximum atomic E-state index is 3.53. The summed E-state index contributed by atoms with van der Waals surface area (Å²) in [6, 6.07) is 19.2. The quantitative estimate of drug-likeness (QED) is 0.795. The first-order valence-corrected chi connectivity index (χ1v) is 5.58. The van der Waals surface area contributed by atoms with E-state index in [2.05, 4.69) is 59.2 Å². The fraction of sp³-hybridized carbons (Fsp3) is 0.143. The van der Waals surface area contributed by atoms with E-state index in [0.717, 1.165) is 6.54 Å². The maximum Gasteiger partial charge on any atom is 0.0706 e. The Labute approximate surface area is 95.3 Å². The van der Waals surface area contributed by atoms with Gasteiger partial charge in [-0.1, -0.05) is 36.4 Å². The fourth-order valence-electron chi connectivity index (χ4n) is 2.15. The third-order valence-electron chi connectivity index (χ3n) is 2.95. The van der Waals surface area contributed by atoms with Crippen LogP contribution in [-0.4, -0.2) is 6.54 Å². The Morgan fingerprint density at radius 3 is 2.56 bits per heavy atom. The van der Waals surface area contributed by atoms with Crippen molar-refractivity contribution in [2.75, 3.05) is 17.2 Å². The van der Waals surface area contributed by atoms with Crippen LogP contribution >= 0.6 is 0 Å². The number of hydrogen-bond acceptors (Lipinski definition) is 2. The van der Waals surface area contributed by atoms with Crippen molar-refractivity contribution in [1.29, 1.82) is 0 Å². The van der Waals surface area contributed by atoms with Gasteiger partial charge in [0.05, 0.1) is 6.04 Å². The summed E-state index contributed by atoms with van der Waals surface area (Å²) in [5, 5.41) is 6.94. The number of nitrogens with one attached hydrogen (secondary N) is 2. The van der Waals surface area contributed by atoms with Crippen LogP contribution in [0.1, 0.15) is 11.6 Å². The van der Waals surface area contributed by atoms with Crippen LogP contribution in [0.15, 0.2) is 54.6 Å². The molecule has 1 atom stereocenters. The SMILES string of the molecule is c1ccc(NC2CNc3ccccc32)cc1. The third kappa shape index (κ3) is 1.63. The van der Waals surface area contributed by atoms with Crippen molar-refractivity contribution in [3.8, 4) is 0 Å². The smallest absolute Gasteiger partial charge is 0.0706 e. The van der Waals surface area contributed by atoms with Crippen molar-refractivity contribution in [3.05, 3.63) is 60.2 Å². The molecule has 0 amide bonds. The van der Waals surface area contributed by atoms with Crippen molar-refractivity contribution in [3.63, 3.8) is 0 Å². The molecule has 1 unspecified atom stereocenters. The monoisotopic (exact) mass is 210 g/mol.